The lowest BCUT2D eigenvalue weighted by Gasteiger charge is -2.09. The molecule has 0 aliphatic carbocycles. The Balaban J connectivity index is 2.23. The number of aromatic hydroxyl groups is 1. The Morgan fingerprint density at radius 2 is 1.86 bits per heavy atom. The van der Waals surface area contributed by atoms with Crippen LogP contribution < -0.4 is 0 Å². The number of non-ortho nitro benzene ring substituents is 1. The molecule has 0 bridgehead atoms. The molecule has 0 fully saturated rings. The molecule has 0 aliphatic rings. The summed E-state index contributed by atoms with van der Waals surface area (Å²) in [7, 11) is 0. The van der Waals surface area contributed by atoms with E-state index in [0.717, 1.165) is 12.0 Å². The molecule has 6 heteroatoms. The van der Waals surface area contributed by atoms with Crippen LogP contribution >= 0.6 is 0 Å². The van der Waals surface area contributed by atoms with Gasteiger partial charge in [-0.25, -0.2) is 0 Å². The molecule has 0 spiro atoms. The molecule has 1 unspecified atom stereocenters. The first-order chi connectivity index (χ1) is 10.5. The number of phenols is 1. The quantitative estimate of drug-likeness (QED) is 0.465. The molecule has 0 aromatic heterocycles. The van der Waals surface area contributed by atoms with Crippen molar-refractivity contribution < 1.29 is 10.0 Å². The van der Waals surface area contributed by atoms with Crippen molar-refractivity contribution in [3.63, 3.8) is 0 Å². The zero-order valence-electron chi connectivity index (χ0n) is 12.4. The molecular weight excluding hydrogens is 282 g/mol. The smallest absolute Gasteiger partial charge is 0.269 e. The number of nitro groups is 1. The van der Waals surface area contributed by atoms with Gasteiger partial charge in [0.05, 0.1) is 10.6 Å². The van der Waals surface area contributed by atoms with E-state index in [4.69, 9.17) is 0 Å². The van der Waals surface area contributed by atoms with Gasteiger partial charge in [-0.05, 0) is 42.2 Å². The zero-order chi connectivity index (χ0) is 16.1. The van der Waals surface area contributed by atoms with Crippen LogP contribution in [-0.4, -0.2) is 10.0 Å². The van der Waals surface area contributed by atoms with Crippen LogP contribution in [0.15, 0.2) is 52.7 Å². The third-order valence-electron chi connectivity index (χ3n) is 3.51. The number of phenolic OH excluding ortho intramolecular Hbond substituents is 1. The van der Waals surface area contributed by atoms with Gasteiger partial charge < -0.3 is 5.11 Å². The Hall–Kier alpha value is -2.76. The fourth-order valence-corrected chi connectivity index (χ4v) is 1.92. The van der Waals surface area contributed by atoms with Crippen LogP contribution in [0.5, 0.6) is 5.75 Å². The monoisotopic (exact) mass is 299 g/mol. The van der Waals surface area contributed by atoms with Crippen LogP contribution in [0, 0.1) is 10.1 Å². The summed E-state index contributed by atoms with van der Waals surface area (Å²) in [5.41, 5.74) is 1.95. The summed E-state index contributed by atoms with van der Waals surface area (Å²) >= 11 is 0. The van der Waals surface area contributed by atoms with Crippen molar-refractivity contribution in [3.8, 4) is 5.75 Å². The van der Waals surface area contributed by atoms with E-state index in [1.807, 2.05) is 6.07 Å². The van der Waals surface area contributed by atoms with Gasteiger partial charge in [0.1, 0.15) is 11.4 Å². The Labute approximate surface area is 128 Å². The number of hydrogen-bond acceptors (Lipinski definition) is 5. The third-order valence-corrected chi connectivity index (χ3v) is 3.51. The maximum atomic E-state index is 10.6. The molecular formula is C16H17N3O3. The zero-order valence-corrected chi connectivity index (χ0v) is 12.4. The molecule has 6 nitrogen and oxygen atoms in total. The van der Waals surface area contributed by atoms with Gasteiger partial charge in [0.25, 0.3) is 5.69 Å². The summed E-state index contributed by atoms with van der Waals surface area (Å²) in [6.07, 6.45) is 0.990. The summed E-state index contributed by atoms with van der Waals surface area (Å²) in [5.74, 6) is 0.423. The number of hydrogen-bond donors (Lipinski definition) is 1. The molecule has 0 saturated carbocycles. The van der Waals surface area contributed by atoms with Gasteiger partial charge >= 0.3 is 0 Å². The highest BCUT2D eigenvalue weighted by atomic mass is 16.6. The summed E-state index contributed by atoms with van der Waals surface area (Å²) in [5, 5.41) is 28.5. The summed E-state index contributed by atoms with van der Waals surface area (Å²) in [6, 6.07) is 11.0. The van der Waals surface area contributed by atoms with Crippen molar-refractivity contribution in [2.75, 3.05) is 0 Å². The van der Waals surface area contributed by atoms with Crippen LogP contribution in [-0.2, 0) is 0 Å². The van der Waals surface area contributed by atoms with E-state index < -0.39 is 4.92 Å². The van der Waals surface area contributed by atoms with Crippen molar-refractivity contribution in [1.29, 1.82) is 0 Å². The van der Waals surface area contributed by atoms with Gasteiger partial charge in [-0.3, -0.25) is 10.1 Å². The second-order valence-corrected chi connectivity index (χ2v) is 5.03. The van der Waals surface area contributed by atoms with Gasteiger partial charge in [0.15, 0.2) is 0 Å². The number of azo groups is 1. The molecule has 0 saturated heterocycles. The summed E-state index contributed by atoms with van der Waals surface area (Å²) in [6.45, 7) is 4.19. The van der Waals surface area contributed by atoms with E-state index in [-0.39, 0.29) is 11.4 Å². The molecule has 114 valence electrons. The van der Waals surface area contributed by atoms with Gasteiger partial charge in [-0.1, -0.05) is 19.9 Å². The molecule has 0 amide bonds. The minimum atomic E-state index is -0.470. The van der Waals surface area contributed by atoms with E-state index in [1.165, 1.54) is 24.3 Å². The lowest BCUT2D eigenvalue weighted by atomic mass is 9.98. The van der Waals surface area contributed by atoms with Crippen molar-refractivity contribution in [2.24, 2.45) is 10.2 Å². The molecule has 0 aliphatic heterocycles. The molecule has 1 atom stereocenters. The highest BCUT2D eigenvalue weighted by Gasteiger charge is 2.07. The normalized spacial score (nSPS) is 12.5. The first-order valence-electron chi connectivity index (χ1n) is 7.00. The second-order valence-electron chi connectivity index (χ2n) is 5.03. The molecule has 22 heavy (non-hydrogen) atoms. The van der Waals surface area contributed by atoms with E-state index in [0.29, 0.717) is 17.3 Å². The minimum absolute atomic E-state index is 0.000523. The molecule has 0 heterocycles. The van der Waals surface area contributed by atoms with Gasteiger partial charge in [0, 0.05) is 12.1 Å². The highest BCUT2D eigenvalue weighted by Crippen LogP contribution is 2.32. The molecule has 0 radical (unpaired) electrons. The van der Waals surface area contributed by atoms with Crippen LogP contribution in [0.4, 0.5) is 17.1 Å². The first-order valence-corrected chi connectivity index (χ1v) is 7.00. The Morgan fingerprint density at radius 3 is 2.45 bits per heavy atom. The maximum absolute atomic E-state index is 10.6. The Kier molecular flexibility index (Phi) is 4.83. The number of nitrogens with zero attached hydrogens (tertiary/aromatic N) is 3. The highest BCUT2D eigenvalue weighted by molar-refractivity contribution is 5.53. The van der Waals surface area contributed by atoms with E-state index in [9.17, 15) is 15.2 Å². The van der Waals surface area contributed by atoms with Crippen LogP contribution in [0.1, 0.15) is 31.7 Å². The molecule has 2 aromatic carbocycles. The fraction of sp³-hybridized carbons (Fsp3) is 0.250. The first kappa shape index (κ1) is 15.6. The second kappa shape index (κ2) is 6.80. The minimum Gasteiger partial charge on any atom is -0.506 e. The summed E-state index contributed by atoms with van der Waals surface area (Å²) < 4.78 is 0. The average molecular weight is 299 g/mol. The maximum Gasteiger partial charge on any atom is 0.269 e. The number of nitro benzene ring substituents is 1. The van der Waals surface area contributed by atoms with Crippen molar-refractivity contribution in [1.82, 2.24) is 0 Å². The third kappa shape index (κ3) is 3.66. The van der Waals surface area contributed by atoms with Crippen molar-refractivity contribution in [3.05, 3.63) is 58.1 Å². The van der Waals surface area contributed by atoms with Gasteiger partial charge in [-0.2, -0.15) is 5.11 Å². The van der Waals surface area contributed by atoms with E-state index in [1.54, 1.807) is 12.1 Å². The number of rotatable bonds is 5. The number of benzene rings is 2. The largest absolute Gasteiger partial charge is 0.506 e. The van der Waals surface area contributed by atoms with Crippen LogP contribution in [0.25, 0.3) is 0 Å². The molecule has 2 rings (SSSR count). The predicted molar refractivity (Wildman–Crippen MR) is 84.1 cm³/mol. The fourth-order valence-electron chi connectivity index (χ4n) is 1.92. The standard InChI is InChI=1S/C16H17N3O3/c1-3-11(2)12-4-9-16(20)15(10-12)18-17-13-5-7-14(8-6-13)19(21)22/h4-11,20H,3H2,1-2H3. The van der Waals surface area contributed by atoms with Crippen LogP contribution in [0.2, 0.25) is 0 Å². The van der Waals surface area contributed by atoms with Crippen molar-refractivity contribution >= 4 is 17.1 Å². The van der Waals surface area contributed by atoms with Gasteiger partial charge in [0.2, 0.25) is 0 Å². The van der Waals surface area contributed by atoms with E-state index >= 15 is 0 Å². The SMILES string of the molecule is CCC(C)c1ccc(O)c(N=Nc2ccc([N+](=O)[O-])cc2)c1. The predicted octanol–water partition coefficient (Wildman–Crippen LogP) is 5.23. The van der Waals surface area contributed by atoms with Gasteiger partial charge in [-0.15, -0.1) is 5.11 Å². The summed E-state index contributed by atoms with van der Waals surface area (Å²) in [4.78, 5) is 10.1. The lowest BCUT2D eigenvalue weighted by Crippen LogP contribution is -1.90. The Morgan fingerprint density at radius 1 is 1.18 bits per heavy atom. The molecule has 2 aromatic rings. The average Bonchev–Trinajstić information content (AvgIpc) is 2.53. The van der Waals surface area contributed by atoms with Crippen LogP contribution in [0.3, 0.4) is 0 Å². The molecule has 1 N–H and O–H groups in total. The van der Waals surface area contributed by atoms with Crippen molar-refractivity contribution in [2.45, 2.75) is 26.2 Å². The topological polar surface area (TPSA) is 88.1 Å². The Bertz CT molecular complexity index is 696. The lowest BCUT2D eigenvalue weighted by molar-refractivity contribution is -0.384. The van der Waals surface area contributed by atoms with E-state index in [2.05, 4.69) is 24.1 Å².